The summed E-state index contributed by atoms with van der Waals surface area (Å²) in [6.07, 6.45) is -5.53. The lowest BCUT2D eigenvalue weighted by molar-refractivity contribution is -0.246. The lowest BCUT2D eigenvalue weighted by atomic mass is 10.1. The first kappa shape index (κ1) is 34.8. The molecule has 1 aliphatic rings. The lowest BCUT2D eigenvalue weighted by Gasteiger charge is -2.31. The number of H-pyrrole nitrogens is 1. The van der Waals surface area contributed by atoms with Gasteiger partial charge in [-0.1, -0.05) is 66.7 Å². The topological polar surface area (TPSA) is 225 Å². The number of aromatic nitrogens is 2. The smallest absolute Gasteiger partial charge is 0.338 e. The van der Waals surface area contributed by atoms with Crippen molar-refractivity contribution in [3.63, 3.8) is 0 Å². The number of benzene rings is 3. The molecule has 3 aromatic carbocycles. The Kier molecular flexibility index (Phi) is 11.0. The van der Waals surface area contributed by atoms with Crippen LogP contribution < -0.4 is 21.0 Å². The Morgan fingerprint density at radius 1 is 0.750 bits per heavy atom. The molecule has 1 fully saturated rings. The summed E-state index contributed by atoms with van der Waals surface area (Å²) in [7, 11) is -11.2. The molecule has 16 nitrogen and oxygen atoms in total. The summed E-state index contributed by atoms with van der Waals surface area (Å²) in [4.78, 5) is 77.8. The van der Waals surface area contributed by atoms with E-state index in [4.69, 9.17) is 18.7 Å². The van der Waals surface area contributed by atoms with Crippen LogP contribution in [0.15, 0.2) is 113 Å². The third kappa shape index (κ3) is 9.10. The Bertz CT molecular complexity index is 1940. The SMILES string of the molecule is O=C(OC1[C@@H](COP(=O)([O-])OP(=O)([O-])OCc2ccccc2)O[C@@H](n2ccc(=O)[nH]c2=O)[C@H]1OC(=O)c1ccccc1)c1ccccc1. The van der Waals surface area contributed by atoms with Crippen LogP contribution in [0.4, 0.5) is 0 Å². The number of phosphoric acid groups is 2. The zero-order chi connectivity index (χ0) is 34.3. The summed E-state index contributed by atoms with van der Waals surface area (Å²) in [6, 6.07) is 24.1. The van der Waals surface area contributed by atoms with Crippen LogP contribution in [0.3, 0.4) is 0 Å². The Hall–Kier alpha value is -4.50. The number of hydrogen-bond acceptors (Lipinski definition) is 14. The zero-order valence-corrected chi connectivity index (χ0v) is 26.4. The average molecular weight is 700 g/mol. The summed E-state index contributed by atoms with van der Waals surface area (Å²) in [5.41, 5.74) is -1.25. The number of esters is 2. The molecule has 0 saturated carbocycles. The highest BCUT2D eigenvalue weighted by atomic mass is 31.3. The molecule has 0 radical (unpaired) electrons. The first-order valence-corrected chi connectivity index (χ1v) is 17.0. The fraction of sp³-hybridized carbons (Fsp3) is 0.200. The van der Waals surface area contributed by atoms with Crippen molar-refractivity contribution in [3.8, 4) is 0 Å². The first-order chi connectivity index (χ1) is 22.9. The third-order valence-corrected chi connectivity index (χ3v) is 9.26. The number of nitrogens with one attached hydrogen (secondary N) is 1. The number of hydrogen-bond donors (Lipinski definition) is 1. The first-order valence-electron chi connectivity index (χ1n) is 14.1. The van der Waals surface area contributed by atoms with Crippen molar-refractivity contribution < 1.29 is 56.1 Å². The number of rotatable bonds is 13. The Labute approximate surface area is 271 Å². The van der Waals surface area contributed by atoms with E-state index < -0.39 is 76.6 Å². The second kappa shape index (κ2) is 15.2. The van der Waals surface area contributed by atoms with Gasteiger partial charge in [-0.25, -0.2) is 18.7 Å². The second-order valence-electron chi connectivity index (χ2n) is 10.1. The van der Waals surface area contributed by atoms with Gasteiger partial charge in [-0.2, -0.15) is 0 Å². The van der Waals surface area contributed by atoms with Gasteiger partial charge in [0.25, 0.3) is 21.2 Å². The minimum atomic E-state index is -5.70. The van der Waals surface area contributed by atoms with Gasteiger partial charge in [-0.05, 0) is 29.8 Å². The molecule has 6 atom stereocenters. The van der Waals surface area contributed by atoms with Crippen LogP contribution in [-0.4, -0.2) is 46.4 Å². The molecular formula is C30H26N2O14P2-2. The van der Waals surface area contributed by atoms with Gasteiger partial charge in [0.1, 0.15) is 6.10 Å². The molecule has 1 saturated heterocycles. The molecule has 3 unspecified atom stereocenters. The van der Waals surface area contributed by atoms with E-state index in [1.165, 1.54) is 36.4 Å². The molecule has 1 N–H and O–H groups in total. The van der Waals surface area contributed by atoms with Crippen LogP contribution in [0, 0.1) is 0 Å². The number of carbonyl (C=O) groups is 2. The van der Waals surface area contributed by atoms with E-state index in [-0.39, 0.29) is 11.1 Å². The van der Waals surface area contributed by atoms with Gasteiger partial charge in [0.2, 0.25) is 0 Å². The maximum absolute atomic E-state index is 13.2. The van der Waals surface area contributed by atoms with Crippen molar-refractivity contribution >= 4 is 27.6 Å². The van der Waals surface area contributed by atoms with Crippen LogP contribution in [-0.2, 0) is 43.3 Å². The van der Waals surface area contributed by atoms with Gasteiger partial charge in [0.15, 0.2) is 18.4 Å². The van der Waals surface area contributed by atoms with Gasteiger partial charge in [-0.15, -0.1) is 0 Å². The fourth-order valence-corrected chi connectivity index (χ4v) is 6.55. The minimum absolute atomic E-state index is 0.0515. The van der Waals surface area contributed by atoms with E-state index in [2.05, 4.69) is 8.83 Å². The lowest BCUT2D eigenvalue weighted by Crippen LogP contribution is -2.43. The molecule has 2 heterocycles. The molecule has 0 spiro atoms. The summed E-state index contributed by atoms with van der Waals surface area (Å²) in [5, 5.41) is 0. The quantitative estimate of drug-likeness (QED) is 0.156. The summed E-state index contributed by atoms with van der Waals surface area (Å²) < 4.78 is 56.6. The van der Waals surface area contributed by atoms with Gasteiger partial charge >= 0.3 is 17.6 Å². The molecule has 252 valence electrons. The second-order valence-corrected chi connectivity index (χ2v) is 13.0. The van der Waals surface area contributed by atoms with E-state index in [1.54, 1.807) is 54.6 Å². The van der Waals surface area contributed by atoms with Crippen LogP contribution in [0.2, 0.25) is 0 Å². The van der Waals surface area contributed by atoms with E-state index in [0.717, 1.165) is 16.8 Å². The number of carbonyl (C=O) groups excluding carboxylic acids is 2. The Morgan fingerprint density at radius 2 is 1.27 bits per heavy atom. The molecule has 0 aliphatic carbocycles. The van der Waals surface area contributed by atoms with Crippen LogP contribution in [0.1, 0.15) is 32.5 Å². The molecule has 1 aromatic heterocycles. The molecule has 48 heavy (non-hydrogen) atoms. The van der Waals surface area contributed by atoms with Crippen molar-refractivity contribution in [2.75, 3.05) is 6.61 Å². The van der Waals surface area contributed by atoms with Crippen LogP contribution in [0.5, 0.6) is 0 Å². The molecule has 18 heteroatoms. The number of ether oxygens (including phenoxy) is 3. The number of aromatic amines is 1. The van der Waals surface area contributed by atoms with E-state index >= 15 is 0 Å². The van der Waals surface area contributed by atoms with Gasteiger partial charge in [-0.3, -0.25) is 23.5 Å². The summed E-state index contributed by atoms with van der Waals surface area (Å²) >= 11 is 0. The molecule has 0 bridgehead atoms. The molecule has 1 aliphatic heterocycles. The van der Waals surface area contributed by atoms with E-state index in [0.29, 0.717) is 5.56 Å². The third-order valence-electron chi connectivity index (χ3n) is 6.75. The molecule has 0 amide bonds. The number of phosphoric ester groups is 2. The highest BCUT2D eigenvalue weighted by Gasteiger charge is 2.51. The van der Waals surface area contributed by atoms with E-state index in [1.807, 2.05) is 4.98 Å². The standard InChI is InChI=1S/C30H28N2O14P2/c33-24-16-17-32(30(36)31-24)27-26(45-29(35)22-14-8-3-9-15-22)25(44-28(34)21-12-6-2-7-13-21)23(43-27)19-42-48(39,40)46-47(37,38)41-18-20-10-4-1-5-11-20/h1-17,23,25-27H,18-19H2,(H,37,38)(H,39,40)(H,31,33,36)/p-2/t23-,25?,26+,27-/m1/s1. The Balaban J connectivity index is 1.42. The molecular weight excluding hydrogens is 674 g/mol. The van der Waals surface area contributed by atoms with E-state index in [9.17, 15) is 38.1 Å². The highest BCUT2D eigenvalue weighted by Crippen LogP contribution is 2.56. The maximum Gasteiger partial charge on any atom is 0.338 e. The number of nitrogens with zero attached hydrogens (tertiary/aromatic N) is 1. The Morgan fingerprint density at radius 3 is 1.83 bits per heavy atom. The highest BCUT2D eigenvalue weighted by molar-refractivity contribution is 7.59. The fourth-order valence-electron chi connectivity index (χ4n) is 4.56. The maximum atomic E-state index is 13.2. The van der Waals surface area contributed by atoms with Gasteiger partial charge < -0.3 is 33.0 Å². The van der Waals surface area contributed by atoms with Crippen molar-refractivity contribution in [1.82, 2.24) is 9.55 Å². The zero-order valence-electron chi connectivity index (χ0n) is 24.6. The predicted molar refractivity (Wildman–Crippen MR) is 160 cm³/mol. The minimum Gasteiger partial charge on any atom is -0.756 e. The largest absolute Gasteiger partial charge is 0.756 e. The summed E-state index contributed by atoms with van der Waals surface area (Å²) in [5.74, 6) is -1.89. The molecule has 5 rings (SSSR count). The normalized spacial score (nSPS) is 21.5. The van der Waals surface area contributed by atoms with Crippen molar-refractivity contribution in [2.24, 2.45) is 0 Å². The monoisotopic (exact) mass is 700 g/mol. The van der Waals surface area contributed by atoms with Crippen LogP contribution in [0.25, 0.3) is 0 Å². The predicted octanol–water partition coefficient (Wildman–Crippen LogP) is 2.07. The molecule has 4 aromatic rings. The van der Waals surface area contributed by atoms with Crippen molar-refractivity contribution in [2.45, 2.75) is 31.1 Å². The average Bonchev–Trinajstić information content (AvgIpc) is 3.39. The van der Waals surface area contributed by atoms with Crippen molar-refractivity contribution in [3.05, 3.63) is 141 Å². The van der Waals surface area contributed by atoms with Crippen LogP contribution >= 0.6 is 15.6 Å². The van der Waals surface area contributed by atoms with Gasteiger partial charge in [0.05, 0.1) is 24.3 Å². The van der Waals surface area contributed by atoms with Crippen molar-refractivity contribution in [1.29, 1.82) is 0 Å². The van der Waals surface area contributed by atoms with Gasteiger partial charge in [0, 0.05) is 12.3 Å². The summed E-state index contributed by atoms with van der Waals surface area (Å²) in [6.45, 7) is -1.59.